The van der Waals surface area contributed by atoms with Gasteiger partial charge in [-0.25, -0.2) is 0 Å². The Morgan fingerprint density at radius 1 is 1.44 bits per heavy atom. The molecule has 0 aliphatic heterocycles. The zero-order valence-electron chi connectivity index (χ0n) is 10.5. The summed E-state index contributed by atoms with van der Waals surface area (Å²) in [6.45, 7) is 3.26. The molecule has 0 saturated heterocycles. The molecule has 1 aliphatic carbocycles. The predicted octanol–water partition coefficient (Wildman–Crippen LogP) is 1.78. The lowest BCUT2D eigenvalue weighted by molar-refractivity contribution is 0.537. The van der Waals surface area contributed by atoms with Crippen LogP contribution in [0.3, 0.4) is 0 Å². The van der Waals surface area contributed by atoms with Crippen LogP contribution in [0.4, 0.5) is 11.8 Å². The maximum absolute atomic E-state index is 5.68. The summed E-state index contributed by atoms with van der Waals surface area (Å²) in [5.74, 6) is 2.64. The standard InChI is InChI=1S/C12H18N6/c1-7-2-3-8(4-7)5-14-10-9-6-15-18-11(9)17-12(13)16-10/h6-8H,2-5H2,1H3,(H4,13,14,15,16,17,18). The first-order valence-corrected chi connectivity index (χ1v) is 6.43. The molecule has 6 nitrogen and oxygen atoms in total. The van der Waals surface area contributed by atoms with Gasteiger partial charge in [-0.2, -0.15) is 15.1 Å². The third kappa shape index (κ3) is 2.10. The van der Waals surface area contributed by atoms with E-state index in [1.807, 2.05) is 0 Å². The van der Waals surface area contributed by atoms with Crippen molar-refractivity contribution in [3.8, 4) is 0 Å². The average molecular weight is 246 g/mol. The van der Waals surface area contributed by atoms with Gasteiger partial charge in [0.05, 0.1) is 11.6 Å². The molecule has 2 atom stereocenters. The van der Waals surface area contributed by atoms with Gasteiger partial charge in [0.2, 0.25) is 5.95 Å². The van der Waals surface area contributed by atoms with Gasteiger partial charge in [-0.1, -0.05) is 13.3 Å². The van der Waals surface area contributed by atoms with Crippen LogP contribution in [-0.4, -0.2) is 26.7 Å². The van der Waals surface area contributed by atoms with Gasteiger partial charge in [0.25, 0.3) is 0 Å². The number of nitrogens with one attached hydrogen (secondary N) is 2. The third-order valence-electron chi connectivity index (χ3n) is 3.69. The smallest absolute Gasteiger partial charge is 0.224 e. The molecule has 2 aromatic heterocycles. The van der Waals surface area contributed by atoms with Crippen LogP contribution in [-0.2, 0) is 0 Å². The molecule has 2 aromatic rings. The topological polar surface area (TPSA) is 92.5 Å². The van der Waals surface area contributed by atoms with Crippen molar-refractivity contribution in [2.45, 2.75) is 26.2 Å². The Balaban J connectivity index is 1.75. The van der Waals surface area contributed by atoms with Crippen molar-refractivity contribution in [2.75, 3.05) is 17.6 Å². The van der Waals surface area contributed by atoms with Crippen LogP contribution in [0.25, 0.3) is 11.0 Å². The van der Waals surface area contributed by atoms with Crippen molar-refractivity contribution >= 4 is 22.8 Å². The summed E-state index contributed by atoms with van der Waals surface area (Å²) in [5, 5.41) is 11.1. The highest BCUT2D eigenvalue weighted by Crippen LogP contribution is 2.30. The van der Waals surface area contributed by atoms with Crippen LogP contribution in [0.5, 0.6) is 0 Å². The monoisotopic (exact) mass is 246 g/mol. The third-order valence-corrected chi connectivity index (χ3v) is 3.69. The molecule has 1 aliphatic rings. The number of nitrogens with zero attached hydrogens (tertiary/aromatic N) is 3. The minimum atomic E-state index is 0.272. The van der Waals surface area contributed by atoms with E-state index in [4.69, 9.17) is 5.73 Å². The highest BCUT2D eigenvalue weighted by molar-refractivity contribution is 5.86. The molecule has 2 heterocycles. The summed E-state index contributed by atoms with van der Waals surface area (Å²) >= 11 is 0. The number of aromatic nitrogens is 4. The molecule has 18 heavy (non-hydrogen) atoms. The molecular weight excluding hydrogens is 228 g/mol. The van der Waals surface area contributed by atoms with Crippen LogP contribution in [0.2, 0.25) is 0 Å². The van der Waals surface area contributed by atoms with Crippen molar-refractivity contribution in [1.82, 2.24) is 20.2 Å². The zero-order valence-corrected chi connectivity index (χ0v) is 10.5. The van der Waals surface area contributed by atoms with E-state index in [0.717, 1.165) is 29.6 Å². The second-order valence-corrected chi connectivity index (χ2v) is 5.23. The SMILES string of the molecule is CC1CCC(CNc2nc(N)nc3[nH]ncc23)C1. The molecule has 0 spiro atoms. The van der Waals surface area contributed by atoms with E-state index >= 15 is 0 Å². The lowest BCUT2D eigenvalue weighted by atomic mass is 10.1. The largest absolute Gasteiger partial charge is 0.369 e. The first-order valence-electron chi connectivity index (χ1n) is 6.43. The Morgan fingerprint density at radius 3 is 3.11 bits per heavy atom. The van der Waals surface area contributed by atoms with Gasteiger partial charge in [-0.05, 0) is 24.7 Å². The summed E-state index contributed by atoms with van der Waals surface area (Å²) in [7, 11) is 0. The van der Waals surface area contributed by atoms with Gasteiger partial charge in [0.15, 0.2) is 5.65 Å². The Labute approximate surface area is 105 Å². The van der Waals surface area contributed by atoms with E-state index in [1.54, 1.807) is 6.20 Å². The fourth-order valence-corrected chi connectivity index (χ4v) is 2.74. The van der Waals surface area contributed by atoms with Gasteiger partial charge in [0, 0.05) is 6.54 Å². The zero-order chi connectivity index (χ0) is 12.5. The number of hydrogen-bond donors (Lipinski definition) is 3. The van der Waals surface area contributed by atoms with E-state index in [-0.39, 0.29) is 5.95 Å². The Hall–Kier alpha value is -1.85. The first kappa shape index (κ1) is 11.3. The second-order valence-electron chi connectivity index (χ2n) is 5.23. The summed E-state index contributed by atoms with van der Waals surface area (Å²) < 4.78 is 0. The quantitative estimate of drug-likeness (QED) is 0.767. The summed E-state index contributed by atoms with van der Waals surface area (Å²) in [5.41, 5.74) is 6.36. The van der Waals surface area contributed by atoms with Gasteiger partial charge in [-0.3, -0.25) is 5.10 Å². The molecule has 2 unspecified atom stereocenters. The number of aromatic amines is 1. The highest BCUT2D eigenvalue weighted by Gasteiger charge is 2.21. The van der Waals surface area contributed by atoms with Crippen molar-refractivity contribution in [1.29, 1.82) is 0 Å². The van der Waals surface area contributed by atoms with Crippen LogP contribution >= 0.6 is 0 Å². The van der Waals surface area contributed by atoms with Crippen LogP contribution < -0.4 is 11.1 Å². The maximum atomic E-state index is 5.68. The number of hydrogen-bond acceptors (Lipinski definition) is 5. The van der Waals surface area contributed by atoms with Crippen molar-refractivity contribution < 1.29 is 0 Å². The maximum Gasteiger partial charge on any atom is 0.224 e. The molecule has 1 saturated carbocycles. The van der Waals surface area contributed by atoms with Crippen molar-refractivity contribution in [2.24, 2.45) is 11.8 Å². The Morgan fingerprint density at radius 2 is 2.33 bits per heavy atom. The van der Waals surface area contributed by atoms with E-state index < -0.39 is 0 Å². The fourth-order valence-electron chi connectivity index (χ4n) is 2.74. The normalized spacial score (nSPS) is 23.6. The molecule has 96 valence electrons. The van der Waals surface area contributed by atoms with E-state index in [1.165, 1.54) is 19.3 Å². The second kappa shape index (κ2) is 4.44. The number of nitrogen functional groups attached to an aromatic ring is 1. The van der Waals surface area contributed by atoms with Crippen LogP contribution in [0.15, 0.2) is 6.20 Å². The summed E-state index contributed by atoms with van der Waals surface area (Å²) in [6.07, 6.45) is 5.65. The molecular formula is C12H18N6. The van der Waals surface area contributed by atoms with Gasteiger partial charge in [-0.15, -0.1) is 0 Å². The molecule has 0 aromatic carbocycles. The summed E-state index contributed by atoms with van der Waals surface area (Å²) in [6, 6.07) is 0. The predicted molar refractivity (Wildman–Crippen MR) is 71.1 cm³/mol. The van der Waals surface area contributed by atoms with E-state index in [9.17, 15) is 0 Å². The molecule has 0 bridgehead atoms. The van der Waals surface area contributed by atoms with E-state index in [0.29, 0.717) is 5.65 Å². The Kier molecular flexibility index (Phi) is 2.77. The number of rotatable bonds is 3. The number of anilines is 2. The van der Waals surface area contributed by atoms with Crippen molar-refractivity contribution in [3.05, 3.63) is 6.20 Å². The lowest BCUT2D eigenvalue weighted by Crippen LogP contribution is -2.13. The molecule has 3 rings (SSSR count). The van der Waals surface area contributed by atoms with Crippen LogP contribution in [0, 0.1) is 11.8 Å². The van der Waals surface area contributed by atoms with E-state index in [2.05, 4.69) is 32.4 Å². The number of H-pyrrole nitrogens is 1. The first-order chi connectivity index (χ1) is 8.72. The molecule has 1 fully saturated rings. The minimum Gasteiger partial charge on any atom is -0.369 e. The molecule has 0 amide bonds. The highest BCUT2D eigenvalue weighted by atomic mass is 15.2. The van der Waals surface area contributed by atoms with Crippen molar-refractivity contribution in [3.63, 3.8) is 0 Å². The van der Waals surface area contributed by atoms with Gasteiger partial charge >= 0.3 is 0 Å². The average Bonchev–Trinajstić information content (AvgIpc) is 2.94. The fraction of sp³-hybridized carbons (Fsp3) is 0.583. The molecule has 4 N–H and O–H groups in total. The molecule has 0 radical (unpaired) electrons. The minimum absolute atomic E-state index is 0.272. The summed E-state index contributed by atoms with van der Waals surface area (Å²) in [4.78, 5) is 8.35. The lowest BCUT2D eigenvalue weighted by Gasteiger charge is -2.12. The molecule has 6 heteroatoms. The number of nitrogens with two attached hydrogens (primary N) is 1. The van der Waals surface area contributed by atoms with Crippen LogP contribution in [0.1, 0.15) is 26.2 Å². The van der Waals surface area contributed by atoms with Gasteiger partial charge < -0.3 is 11.1 Å². The Bertz CT molecular complexity index is 548. The van der Waals surface area contributed by atoms with Gasteiger partial charge in [0.1, 0.15) is 5.82 Å². The number of fused-ring (bicyclic) bond motifs is 1.